The van der Waals surface area contributed by atoms with E-state index in [4.69, 9.17) is 5.11 Å². The number of carbonyl (C=O) groups is 1. The van der Waals surface area contributed by atoms with Crippen molar-refractivity contribution < 1.29 is 20.1 Å². The van der Waals surface area contributed by atoms with Crippen molar-refractivity contribution in [2.45, 2.75) is 0 Å². The zero-order chi connectivity index (χ0) is 14.5. The summed E-state index contributed by atoms with van der Waals surface area (Å²) in [6, 6.07) is 5.51. The van der Waals surface area contributed by atoms with E-state index in [0.29, 0.717) is 5.56 Å². The summed E-state index contributed by atoms with van der Waals surface area (Å²) in [4.78, 5) is 15.6. The molecule has 0 radical (unpaired) electrons. The Morgan fingerprint density at radius 1 is 1.25 bits per heavy atom. The van der Waals surface area contributed by atoms with Gasteiger partial charge in [-0.2, -0.15) is 5.10 Å². The molecule has 0 atom stereocenters. The van der Waals surface area contributed by atoms with E-state index in [1.807, 2.05) is 0 Å². The number of phenolic OH excluding ortho intramolecular Hbond substituents is 3. The Bertz CT molecular complexity index is 633. The summed E-state index contributed by atoms with van der Waals surface area (Å²) in [6.45, 7) is 0. The Morgan fingerprint density at radius 3 is 2.55 bits per heavy atom. The lowest BCUT2D eigenvalue weighted by molar-refractivity contribution is 0.0954. The fourth-order valence-electron chi connectivity index (χ4n) is 1.42. The highest BCUT2D eigenvalue weighted by molar-refractivity contribution is 5.96. The molecule has 20 heavy (non-hydrogen) atoms. The molecule has 0 saturated heterocycles. The first-order valence-corrected chi connectivity index (χ1v) is 5.56. The molecule has 0 unspecified atom stereocenters. The number of pyridine rings is 1. The number of aromatic hydroxyl groups is 3. The van der Waals surface area contributed by atoms with Gasteiger partial charge in [-0.15, -0.1) is 0 Å². The number of amides is 1. The Kier molecular flexibility index (Phi) is 3.80. The molecule has 0 aliphatic carbocycles. The van der Waals surface area contributed by atoms with Crippen molar-refractivity contribution >= 4 is 12.1 Å². The van der Waals surface area contributed by atoms with E-state index in [9.17, 15) is 15.0 Å². The van der Waals surface area contributed by atoms with Crippen LogP contribution in [0.4, 0.5) is 0 Å². The number of hydrogen-bond acceptors (Lipinski definition) is 6. The number of hydrogen-bond donors (Lipinski definition) is 4. The van der Waals surface area contributed by atoms with Crippen molar-refractivity contribution in [1.29, 1.82) is 0 Å². The average Bonchev–Trinajstić information content (AvgIpc) is 2.45. The molecule has 0 aliphatic rings. The third-order valence-electron chi connectivity index (χ3n) is 2.40. The second-order valence-electron chi connectivity index (χ2n) is 3.85. The first-order chi connectivity index (χ1) is 9.58. The normalized spacial score (nSPS) is 10.6. The lowest BCUT2D eigenvalue weighted by Crippen LogP contribution is -2.17. The van der Waals surface area contributed by atoms with Gasteiger partial charge in [0.25, 0.3) is 5.91 Å². The van der Waals surface area contributed by atoms with Gasteiger partial charge >= 0.3 is 0 Å². The number of nitrogens with zero attached hydrogens (tertiary/aromatic N) is 2. The van der Waals surface area contributed by atoms with Crippen LogP contribution in [0, 0.1) is 0 Å². The van der Waals surface area contributed by atoms with Gasteiger partial charge < -0.3 is 15.3 Å². The Morgan fingerprint density at radius 2 is 1.95 bits per heavy atom. The number of phenols is 3. The molecule has 7 nitrogen and oxygen atoms in total. The first-order valence-electron chi connectivity index (χ1n) is 5.56. The summed E-state index contributed by atoms with van der Waals surface area (Å²) in [5, 5.41) is 31.5. The van der Waals surface area contributed by atoms with E-state index in [-0.39, 0.29) is 5.56 Å². The maximum Gasteiger partial charge on any atom is 0.271 e. The summed E-state index contributed by atoms with van der Waals surface area (Å²) >= 11 is 0. The third kappa shape index (κ3) is 3.02. The molecule has 1 amide bonds. The van der Waals surface area contributed by atoms with Gasteiger partial charge in [0.2, 0.25) is 0 Å². The molecule has 0 fully saturated rings. The lowest BCUT2D eigenvalue weighted by Gasteiger charge is -2.04. The fraction of sp³-hybridized carbons (Fsp3) is 0. The van der Waals surface area contributed by atoms with Crippen molar-refractivity contribution in [2.24, 2.45) is 5.10 Å². The van der Waals surface area contributed by atoms with Crippen LogP contribution in [0.25, 0.3) is 0 Å². The molecule has 2 aromatic rings. The molecule has 1 heterocycles. The molecule has 7 heteroatoms. The molecule has 102 valence electrons. The van der Waals surface area contributed by atoms with Crippen LogP contribution in [0.1, 0.15) is 15.9 Å². The van der Waals surface area contributed by atoms with E-state index in [2.05, 4.69) is 15.5 Å². The van der Waals surface area contributed by atoms with Gasteiger partial charge in [-0.05, 0) is 18.2 Å². The molecule has 4 N–H and O–H groups in total. The standard InChI is InChI=1S/C13H11N3O4/c17-10-4-9(5-11(18)12(10)19)13(20)16-15-7-8-2-1-3-14-6-8/h1-7,17-19H,(H,16,20)/b15-7+. The van der Waals surface area contributed by atoms with Crippen LogP contribution in [0.15, 0.2) is 41.8 Å². The predicted molar refractivity (Wildman–Crippen MR) is 70.7 cm³/mol. The smallest absolute Gasteiger partial charge is 0.271 e. The number of aromatic nitrogens is 1. The Labute approximate surface area is 113 Å². The van der Waals surface area contributed by atoms with Gasteiger partial charge in [0.1, 0.15) is 0 Å². The zero-order valence-corrected chi connectivity index (χ0v) is 10.2. The molecule has 0 spiro atoms. The van der Waals surface area contributed by atoms with Gasteiger partial charge in [0.15, 0.2) is 17.2 Å². The fourth-order valence-corrected chi connectivity index (χ4v) is 1.42. The van der Waals surface area contributed by atoms with Gasteiger partial charge in [-0.3, -0.25) is 9.78 Å². The number of rotatable bonds is 3. The Balaban J connectivity index is 2.08. The van der Waals surface area contributed by atoms with Gasteiger partial charge in [0.05, 0.1) is 6.21 Å². The average molecular weight is 273 g/mol. The first kappa shape index (κ1) is 13.3. The minimum atomic E-state index is -0.680. The molecule has 1 aromatic carbocycles. The summed E-state index contributed by atoms with van der Waals surface area (Å²) in [6.07, 6.45) is 4.57. The van der Waals surface area contributed by atoms with E-state index in [1.54, 1.807) is 24.5 Å². The lowest BCUT2D eigenvalue weighted by atomic mass is 10.2. The van der Waals surface area contributed by atoms with Gasteiger partial charge in [-0.25, -0.2) is 5.43 Å². The molecular formula is C13H11N3O4. The van der Waals surface area contributed by atoms with Gasteiger partial charge in [0, 0.05) is 23.5 Å². The molecular weight excluding hydrogens is 262 g/mol. The quantitative estimate of drug-likeness (QED) is 0.378. The monoisotopic (exact) mass is 273 g/mol. The maximum absolute atomic E-state index is 11.7. The van der Waals surface area contributed by atoms with Gasteiger partial charge in [-0.1, -0.05) is 6.07 Å². The molecule has 0 saturated carbocycles. The van der Waals surface area contributed by atoms with E-state index >= 15 is 0 Å². The molecule has 2 rings (SSSR count). The van der Waals surface area contributed by atoms with Crippen LogP contribution in [-0.4, -0.2) is 32.4 Å². The third-order valence-corrected chi connectivity index (χ3v) is 2.40. The topological polar surface area (TPSA) is 115 Å². The maximum atomic E-state index is 11.7. The summed E-state index contributed by atoms with van der Waals surface area (Å²) in [7, 11) is 0. The van der Waals surface area contributed by atoms with E-state index in [1.165, 1.54) is 6.21 Å². The van der Waals surface area contributed by atoms with Crippen LogP contribution >= 0.6 is 0 Å². The van der Waals surface area contributed by atoms with Crippen molar-refractivity contribution in [1.82, 2.24) is 10.4 Å². The molecule has 1 aromatic heterocycles. The van der Waals surface area contributed by atoms with Crippen LogP contribution in [0.3, 0.4) is 0 Å². The predicted octanol–water partition coefficient (Wildman–Crippen LogP) is 0.962. The number of carbonyl (C=O) groups excluding carboxylic acids is 1. The van der Waals surface area contributed by atoms with Crippen molar-refractivity contribution in [2.75, 3.05) is 0 Å². The van der Waals surface area contributed by atoms with E-state index in [0.717, 1.165) is 12.1 Å². The number of nitrogens with one attached hydrogen (secondary N) is 1. The number of hydrazone groups is 1. The minimum Gasteiger partial charge on any atom is -0.504 e. The summed E-state index contributed by atoms with van der Waals surface area (Å²) < 4.78 is 0. The largest absolute Gasteiger partial charge is 0.504 e. The van der Waals surface area contributed by atoms with Crippen LogP contribution in [0.2, 0.25) is 0 Å². The highest BCUT2D eigenvalue weighted by atomic mass is 16.3. The second-order valence-corrected chi connectivity index (χ2v) is 3.85. The second kappa shape index (κ2) is 5.70. The molecule has 0 bridgehead atoms. The Hall–Kier alpha value is -3.09. The van der Waals surface area contributed by atoms with Crippen LogP contribution < -0.4 is 5.43 Å². The van der Waals surface area contributed by atoms with Crippen molar-refractivity contribution in [3.63, 3.8) is 0 Å². The minimum absolute atomic E-state index is 0.0406. The highest BCUT2D eigenvalue weighted by Crippen LogP contribution is 2.35. The zero-order valence-electron chi connectivity index (χ0n) is 10.2. The highest BCUT2D eigenvalue weighted by Gasteiger charge is 2.12. The van der Waals surface area contributed by atoms with Crippen molar-refractivity contribution in [3.05, 3.63) is 47.8 Å². The summed E-state index contributed by atoms with van der Waals surface area (Å²) in [5.41, 5.74) is 2.88. The van der Waals surface area contributed by atoms with Crippen LogP contribution in [-0.2, 0) is 0 Å². The van der Waals surface area contributed by atoms with Crippen molar-refractivity contribution in [3.8, 4) is 17.2 Å². The molecule has 0 aliphatic heterocycles. The van der Waals surface area contributed by atoms with E-state index < -0.39 is 23.2 Å². The van der Waals surface area contributed by atoms with Crippen LogP contribution in [0.5, 0.6) is 17.2 Å². The number of benzene rings is 1. The SMILES string of the molecule is O=C(N/N=C/c1cccnc1)c1cc(O)c(O)c(O)c1. The summed E-state index contributed by atoms with van der Waals surface area (Å²) in [5.74, 6) is -2.51.